The van der Waals surface area contributed by atoms with Gasteiger partial charge in [0.2, 0.25) is 0 Å². The third-order valence-corrected chi connectivity index (χ3v) is 4.48. The smallest absolute Gasteiger partial charge is 0.467 e. The van der Waals surface area contributed by atoms with E-state index in [1.807, 2.05) is 36.4 Å². The molecule has 27 heavy (non-hydrogen) atoms. The minimum atomic E-state index is -4.68. The molecule has 0 saturated carbocycles. The first-order valence-corrected chi connectivity index (χ1v) is 8.55. The van der Waals surface area contributed by atoms with Gasteiger partial charge in [-0.15, -0.1) is 13.2 Å². The summed E-state index contributed by atoms with van der Waals surface area (Å²) in [6.07, 6.45) is -1.22. The number of furan rings is 1. The number of hydrogen-bond acceptors (Lipinski definition) is 3. The van der Waals surface area contributed by atoms with E-state index in [2.05, 4.69) is 4.74 Å². The van der Waals surface area contributed by atoms with Crippen LogP contribution in [0.15, 0.2) is 76.3 Å². The van der Waals surface area contributed by atoms with E-state index in [0.29, 0.717) is 0 Å². The fourth-order valence-electron chi connectivity index (χ4n) is 3.20. The predicted molar refractivity (Wildman–Crippen MR) is 95.8 cm³/mol. The maximum Gasteiger partial charge on any atom is 0.573 e. The Morgan fingerprint density at radius 2 is 1.52 bits per heavy atom. The molecule has 138 valence electrons. The Morgan fingerprint density at radius 3 is 2.11 bits per heavy atom. The second-order valence-electron chi connectivity index (χ2n) is 6.30. The molecule has 1 atom stereocenters. The quantitative estimate of drug-likeness (QED) is 0.550. The van der Waals surface area contributed by atoms with Crippen LogP contribution in [0, 0.1) is 0 Å². The fourth-order valence-corrected chi connectivity index (χ4v) is 3.20. The number of halogens is 3. The first-order chi connectivity index (χ1) is 13.0. The summed E-state index contributed by atoms with van der Waals surface area (Å²) in [7, 11) is 0. The number of ether oxygens (including phenoxy) is 1. The molecule has 0 saturated heterocycles. The Kier molecular flexibility index (Phi) is 4.48. The summed E-state index contributed by atoms with van der Waals surface area (Å²) in [5, 5.41) is 0. The minimum Gasteiger partial charge on any atom is -0.467 e. The van der Waals surface area contributed by atoms with E-state index in [0.717, 1.165) is 41.0 Å². The molecule has 1 aliphatic heterocycles. The maximum absolute atomic E-state index is 12.2. The lowest BCUT2D eigenvalue weighted by molar-refractivity contribution is -0.274. The van der Waals surface area contributed by atoms with Crippen molar-refractivity contribution < 1.29 is 22.3 Å². The molecule has 0 radical (unpaired) electrons. The van der Waals surface area contributed by atoms with Crippen LogP contribution in [0.1, 0.15) is 30.2 Å². The van der Waals surface area contributed by atoms with Crippen LogP contribution in [0.25, 0.3) is 11.1 Å². The van der Waals surface area contributed by atoms with E-state index < -0.39 is 6.36 Å². The van der Waals surface area contributed by atoms with Crippen LogP contribution in [0.4, 0.5) is 13.2 Å². The Balaban J connectivity index is 1.49. The Morgan fingerprint density at radius 1 is 0.889 bits per heavy atom. The second-order valence-corrected chi connectivity index (χ2v) is 6.30. The molecule has 2 heterocycles. The highest BCUT2D eigenvalue weighted by atomic mass is 19.4. The van der Waals surface area contributed by atoms with Gasteiger partial charge in [-0.2, -0.15) is 0 Å². The monoisotopic (exact) mass is 371 g/mol. The number of rotatable bonds is 4. The van der Waals surface area contributed by atoms with E-state index in [1.54, 1.807) is 18.4 Å². The average molecular weight is 371 g/mol. The van der Waals surface area contributed by atoms with Crippen LogP contribution in [-0.4, -0.2) is 12.1 Å². The van der Waals surface area contributed by atoms with Gasteiger partial charge >= 0.3 is 6.36 Å². The molecule has 0 fully saturated rings. The molecule has 1 aliphatic rings. The van der Waals surface area contributed by atoms with Crippen molar-refractivity contribution in [3.05, 3.63) is 78.3 Å². The molecular formula is C21H16F3NO2. The molecule has 3 aromatic rings. The van der Waals surface area contributed by atoms with Crippen molar-refractivity contribution >= 4 is 5.71 Å². The zero-order valence-corrected chi connectivity index (χ0v) is 14.2. The van der Waals surface area contributed by atoms with Crippen molar-refractivity contribution in [1.29, 1.82) is 0 Å². The molecular weight excluding hydrogens is 355 g/mol. The standard InChI is InChI=1S/C21H16F3NO2/c22-21(23,24)27-17-9-7-15(8-10-17)14-3-5-16(6-4-14)18-11-12-19(25-18)20-2-1-13-26-20/h1-10,13,19H,11-12H2. The van der Waals surface area contributed by atoms with Gasteiger partial charge in [0.1, 0.15) is 17.6 Å². The molecule has 0 spiro atoms. The first-order valence-electron chi connectivity index (χ1n) is 8.55. The van der Waals surface area contributed by atoms with Crippen LogP contribution >= 0.6 is 0 Å². The van der Waals surface area contributed by atoms with Gasteiger partial charge in [0, 0.05) is 5.71 Å². The van der Waals surface area contributed by atoms with Gasteiger partial charge in [-0.1, -0.05) is 36.4 Å². The summed E-state index contributed by atoms with van der Waals surface area (Å²) < 4.78 is 46.0. The van der Waals surface area contributed by atoms with Gasteiger partial charge in [-0.05, 0) is 53.8 Å². The largest absolute Gasteiger partial charge is 0.573 e. The molecule has 0 aliphatic carbocycles. The lowest BCUT2D eigenvalue weighted by Crippen LogP contribution is -2.16. The van der Waals surface area contributed by atoms with Crippen molar-refractivity contribution in [2.75, 3.05) is 0 Å². The fraction of sp³-hybridized carbons (Fsp3) is 0.190. The predicted octanol–water partition coefficient (Wildman–Crippen LogP) is 6.17. The highest BCUT2D eigenvalue weighted by Gasteiger charge is 2.31. The van der Waals surface area contributed by atoms with E-state index >= 15 is 0 Å². The Hall–Kier alpha value is -3.02. The Labute approximate surface area is 154 Å². The zero-order chi connectivity index (χ0) is 18.9. The lowest BCUT2D eigenvalue weighted by Gasteiger charge is -2.09. The van der Waals surface area contributed by atoms with Crippen LogP contribution in [-0.2, 0) is 0 Å². The summed E-state index contributed by atoms with van der Waals surface area (Å²) in [5.74, 6) is 0.648. The van der Waals surface area contributed by atoms with Crippen molar-refractivity contribution in [3.8, 4) is 16.9 Å². The molecule has 6 heteroatoms. The second kappa shape index (κ2) is 6.95. The number of nitrogens with zero attached hydrogens (tertiary/aromatic N) is 1. The van der Waals surface area contributed by atoms with E-state index in [4.69, 9.17) is 9.41 Å². The van der Waals surface area contributed by atoms with Crippen LogP contribution < -0.4 is 4.74 Å². The van der Waals surface area contributed by atoms with Crippen molar-refractivity contribution in [3.63, 3.8) is 0 Å². The van der Waals surface area contributed by atoms with Gasteiger partial charge in [0.25, 0.3) is 0 Å². The summed E-state index contributed by atoms with van der Waals surface area (Å²) in [4.78, 5) is 4.75. The topological polar surface area (TPSA) is 34.7 Å². The number of alkyl halides is 3. The number of aliphatic imine (C=N–C) groups is 1. The highest BCUT2D eigenvalue weighted by Crippen LogP contribution is 2.32. The molecule has 1 aromatic heterocycles. The SMILES string of the molecule is FC(F)(F)Oc1ccc(-c2ccc(C3=NC(c4ccco4)CC3)cc2)cc1. The minimum absolute atomic E-state index is 0.0656. The van der Waals surface area contributed by atoms with Crippen LogP contribution in [0.5, 0.6) is 5.75 Å². The van der Waals surface area contributed by atoms with E-state index in [9.17, 15) is 13.2 Å². The van der Waals surface area contributed by atoms with Crippen molar-refractivity contribution in [1.82, 2.24) is 0 Å². The summed E-state index contributed by atoms with van der Waals surface area (Å²) >= 11 is 0. The van der Waals surface area contributed by atoms with Crippen LogP contribution in [0.2, 0.25) is 0 Å². The normalized spacial score (nSPS) is 17.0. The maximum atomic E-state index is 12.2. The molecule has 3 nitrogen and oxygen atoms in total. The summed E-state index contributed by atoms with van der Waals surface area (Å²) in [6.45, 7) is 0. The third-order valence-electron chi connectivity index (χ3n) is 4.48. The third kappa shape index (κ3) is 4.05. The van der Waals surface area contributed by atoms with Gasteiger partial charge in [-0.25, -0.2) is 0 Å². The van der Waals surface area contributed by atoms with Crippen LogP contribution in [0.3, 0.4) is 0 Å². The van der Waals surface area contributed by atoms with Gasteiger partial charge in [0.15, 0.2) is 0 Å². The van der Waals surface area contributed by atoms with E-state index in [-0.39, 0.29) is 11.8 Å². The zero-order valence-electron chi connectivity index (χ0n) is 14.2. The highest BCUT2D eigenvalue weighted by molar-refractivity contribution is 6.02. The van der Waals surface area contributed by atoms with E-state index in [1.165, 1.54) is 12.1 Å². The first kappa shape index (κ1) is 17.4. The summed E-state index contributed by atoms with van der Waals surface area (Å²) in [5.41, 5.74) is 3.82. The lowest BCUT2D eigenvalue weighted by atomic mass is 10.0. The number of hydrogen-bond donors (Lipinski definition) is 0. The van der Waals surface area contributed by atoms with Crippen molar-refractivity contribution in [2.45, 2.75) is 25.2 Å². The molecule has 0 bridgehead atoms. The molecule has 0 N–H and O–H groups in total. The van der Waals surface area contributed by atoms with Gasteiger partial charge < -0.3 is 9.15 Å². The van der Waals surface area contributed by atoms with Gasteiger partial charge in [-0.3, -0.25) is 4.99 Å². The molecule has 0 amide bonds. The number of benzene rings is 2. The Bertz CT molecular complexity index is 927. The molecule has 4 rings (SSSR count). The summed E-state index contributed by atoms with van der Waals surface area (Å²) in [6, 6.07) is 17.6. The average Bonchev–Trinajstić information content (AvgIpc) is 3.33. The van der Waals surface area contributed by atoms with Crippen molar-refractivity contribution in [2.24, 2.45) is 4.99 Å². The molecule has 2 aromatic carbocycles. The van der Waals surface area contributed by atoms with Gasteiger partial charge in [0.05, 0.1) is 6.26 Å². The molecule has 1 unspecified atom stereocenters.